The summed E-state index contributed by atoms with van der Waals surface area (Å²) in [5.74, 6) is 0.704. The molecule has 3 heterocycles. The second-order valence-corrected chi connectivity index (χ2v) is 8.65. The minimum atomic E-state index is -0.108. The number of thiazole rings is 2. The monoisotopic (exact) mass is 376 g/mol. The zero-order valence-corrected chi connectivity index (χ0v) is 15.7. The molecule has 2 amide bonds. The summed E-state index contributed by atoms with van der Waals surface area (Å²) < 4.78 is 0. The highest BCUT2D eigenvalue weighted by molar-refractivity contribution is 7.16. The lowest BCUT2D eigenvalue weighted by atomic mass is 9.93. The van der Waals surface area contributed by atoms with Crippen LogP contribution >= 0.6 is 22.7 Å². The highest BCUT2D eigenvalue weighted by Crippen LogP contribution is 2.32. The fourth-order valence-electron chi connectivity index (χ4n) is 3.27. The Morgan fingerprint density at radius 1 is 1.40 bits per heavy atom. The number of anilines is 2. The van der Waals surface area contributed by atoms with Gasteiger partial charge in [0.1, 0.15) is 0 Å². The summed E-state index contributed by atoms with van der Waals surface area (Å²) in [7, 11) is 0. The first-order chi connectivity index (χ1) is 12.1. The molecular formula is C17H20N4O2S2. The molecule has 8 heteroatoms. The summed E-state index contributed by atoms with van der Waals surface area (Å²) in [5.41, 5.74) is 1.84. The van der Waals surface area contributed by atoms with Crippen LogP contribution in [0.2, 0.25) is 0 Å². The summed E-state index contributed by atoms with van der Waals surface area (Å²) in [4.78, 5) is 36.1. The molecule has 1 aliphatic heterocycles. The van der Waals surface area contributed by atoms with Crippen molar-refractivity contribution in [2.24, 2.45) is 5.92 Å². The maximum Gasteiger partial charge on any atom is 0.232 e. The van der Waals surface area contributed by atoms with Gasteiger partial charge in [-0.25, -0.2) is 9.97 Å². The second-order valence-electron chi connectivity index (χ2n) is 6.73. The van der Waals surface area contributed by atoms with Crippen molar-refractivity contribution >= 4 is 44.8 Å². The van der Waals surface area contributed by atoms with E-state index in [0.29, 0.717) is 28.3 Å². The number of nitrogens with one attached hydrogen (secondary N) is 1. The summed E-state index contributed by atoms with van der Waals surface area (Å²) >= 11 is 3.01. The van der Waals surface area contributed by atoms with Gasteiger partial charge in [0.05, 0.1) is 17.8 Å². The van der Waals surface area contributed by atoms with E-state index in [0.717, 1.165) is 31.5 Å². The number of amides is 2. The Labute approximate surface area is 154 Å². The van der Waals surface area contributed by atoms with Gasteiger partial charge in [0.2, 0.25) is 11.8 Å². The van der Waals surface area contributed by atoms with E-state index in [-0.39, 0.29) is 18.2 Å². The van der Waals surface area contributed by atoms with Gasteiger partial charge in [0, 0.05) is 23.2 Å². The van der Waals surface area contributed by atoms with Gasteiger partial charge in [-0.3, -0.25) is 14.5 Å². The van der Waals surface area contributed by atoms with E-state index in [1.54, 1.807) is 16.2 Å². The lowest BCUT2D eigenvalue weighted by molar-refractivity contribution is -0.117. The van der Waals surface area contributed by atoms with E-state index in [4.69, 9.17) is 0 Å². The molecule has 4 rings (SSSR count). The molecular weight excluding hydrogens is 356 g/mol. The molecule has 2 aromatic heterocycles. The van der Waals surface area contributed by atoms with Gasteiger partial charge < -0.3 is 5.32 Å². The number of hydrogen-bond donors (Lipinski definition) is 1. The standard InChI is InChI=1S/C17H20N4O2S2/c1-10-4-5-12-13(7-10)25-16(19-12)20-14(22)8-11-9-24-17(18-11)21-6-2-3-15(21)23/h9-10H,2-8H2,1H3,(H,19,20,22)/t10-/m1/s1. The van der Waals surface area contributed by atoms with Gasteiger partial charge in [-0.05, 0) is 31.6 Å². The molecule has 6 nitrogen and oxygen atoms in total. The largest absolute Gasteiger partial charge is 0.302 e. The number of carbonyl (C=O) groups excluding carboxylic acids is 2. The smallest absolute Gasteiger partial charge is 0.232 e. The highest BCUT2D eigenvalue weighted by atomic mass is 32.1. The molecule has 0 saturated carbocycles. The van der Waals surface area contributed by atoms with Crippen LogP contribution in [0.5, 0.6) is 0 Å². The van der Waals surface area contributed by atoms with Crippen molar-refractivity contribution < 1.29 is 9.59 Å². The van der Waals surface area contributed by atoms with Crippen LogP contribution in [0.3, 0.4) is 0 Å². The third-order valence-corrected chi connectivity index (χ3v) is 6.57. The molecule has 0 aromatic carbocycles. The molecule has 1 aliphatic carbocycles. The first-order valence-corrected chi connectivity index (χ1v) is 10.3. The molecule has 2 aromatic rings. The quantitative estimate of drug-likeness (QED) is 0.890. The molecule has 0 bridgehead atoms. The van der Waals surface area contributed by atoms with Crippen LogP contribution in [0.25, 0.3) is 0 Å². The summed E-state index contributed by atoms with van der Waals surface area (Å²) in [6, 6.07) is 0. The van der Waals surface area contributed by atoms with Crippen LogP contribution in [0.1, 0.15) is 42.5 Å². The van der Waals surface area contributed by atoms with Crippen LogP contribution in [-0.2, 0) is 28.9 Å². The number of hydrogen-bond acceptors (Lipinski definition) is 6. The Kier molecular flexibility index (Phi) is 4.56. The number of carbonyl (C=O) groups is 2. The fourth-order valence-corrected chi connectivity index (χ4v) is 5.33. The number of nitrogens with zero attached hydrogens (tertiary/aromatic N) is 3. The van der Waals surface area contributed by atoms with Crippen molar-refractivity contribution in [2.75, 3.05) is 16.8 Å². The van der Waals surface area contributed by atoms with Crippen LogP contribution in [0.4, 0.5) is 10.3 Å². The van der Waals surface area contributed by atoms with Gasteiger partial charge in [0.25, 0.3) is 0 Å². The lowest BCUT2D eigenvalue weighted by Gasteiger charge is -2.15. The van der Waals surface area contributed by atoms with Crippen molar-refractivity contribution in [3.05, 3.63) is 21.6 Å². The number of rotatable bonds is 4. The van der Waals surface area contributed by atoms with Crippen LogP contribution < -0.4 is 10.2 Å². The summed E-state index contributed by atoms with van der Waals surface area (Å²) in [5, 5.41) is 6.15. The fraction of sp³-hybridized carbons (Fsp3) is 0.529. The molecule has 1 N–H and O–H groups in total. The third-order valence-electron chi connectivity index (χ3n) is 4.62. The molecule has 25 heavy (non-hydrogen) atoms. The highest BCUT2D eigenvalue weighted by Gasteiger charge is 2.25. The lowest BCUT2D eigenvalue weighted by Crippen LogP contribution is -2.23. The van der Waals surface area contributed by atoms with E-state index in [1.807, 2.05) is 5.38 Å². The average Bonchev–Trinajstić information content (AvgIpc) is 3.26. The van der Waals surface area contributed by atoms with E-state index in [2.05, 4.69) is 22.2 Å². The average molecular weight is 377 g/mol. The molecule has 0 radical (unpaired) electrons. The molecule has 1 saturated heterocycles. The van der Waals surface area contributed by atoms with Gasteiger partial charge in [0.15, 0.2) is 10.3 Å². The Morgan fingerprint density at radius 3 is 3.08 bits per heavy atom. The minimum absolute atomic E-state index is 0.108. The van der Waals surface area contributed by atoms with E-state index in [9.17, 15) is 9.59 Å². The zero-order valence-electron chi connectivity index (χ0n) is 14.1. The number of fused-ring (bicyclic) bond motifs is 1. The molecule has 0 spiro atoms. The second kappa shape index (κ2) is 6.84. The minimum Gasteiger partial charge on any atom is -0.302 e. The Bertz CT molecular complexity index is 813. The Morgan fingerprint density at radius 2 is 2.28 bits per heavy atom. The molecule has 132 valence electrons. The number of aryl methyl sites for hydroxylation is 1. The van der Waals surface area contributed by atoms with Crippen molar-refractivity contribution in [3.8, 4) is 0 Å². The SMILES string of the molecule is C[C@@H]1CCc2nc(NC(=O)Cc3csc(N4CCCC4=O)n3)sc2C1. The maximum atomic E-state index is 12.3. The van der Waals surface area contributed by atoms with Crippen molar-refractivity contribution in [2.45, 2.75) is 45.4 Å². The summed E-state index contributed by atoms with van der Waals surface area (Å²) in [6.45, 7) is 2.98. The Hall–Kier alpha value is -1.80. The summed E-state index contributed by atoms with van der Waals surface area (Å²) in [6.07, 6.45) is 4.90. The predicted octanol–water partition coefficient (Wildman–Crippen LogP) is 3.03. The van der Waals surface area contributed by atoms with E-state index >= 15 is 0 Å². The normalized spacial score (nSPS) is 20.0. The van der Waals surface area contributed by atoms with Gasteiger partial charge in [-0.1, -0.05) is 6.92 Å². The van der Waals surface area contributed by atoms with Crippen molar-refractivity contribution in [3.63, 3.8) is 0 Å². The molecule has 1 atom stereocenters. The van der Waals surface area contributed by atoms with Gasteiger partial charge >= 0.3 is 0 Å². The topological polar surface area (TPSA) is 75.2 Å². The first-order valence-electron chi connectivity index (χ1n) is 8.61. The first kappa shape index (κ1) is 16.7. The van der Waals surface area contributed by atoms with Crippen molar-refractivity contribution in [1.82, 2.24) is 9.97 Å². The maximum absolute atomic E-state index is 12.3. The third kappa shape index (κ3) is 3.59. The van der Waals surface area contributed by atoms with Gasteiger partial charge in [-0.15, -0.1) is 22.7 Å². The molecule has 2 aliphatic rings. The number of aromatic nitrogens is 2. The predicted molar refractivity (Wildman–Crippen MR) is 99.3 cm³/mol. The molecule has 0 unspecified atom stereocenters. The van der Waals surface area contributed by atoms with Crippen molar-refractivity contribution in [1.29, 1.82) is 0 Å². The van der Waals surface area contributed by atoms with E-state index < -0.39 is 0 Å². The van der Waals surface area contributed by atoms with Crippen LogP contribution in [-0.4, -0.2) is 28.3 Å². The zero-order chi connectivity index (χ0) is 17.4. The van der Waals surface area contributed by atoms with Crippen LogP contribution in [0, 0.1) is 5.92 Å². The van der Waals surface area contributed by atoms with Gasteiger partial charge in [-0.2, -0.15) is 0 Å². The van der Waals surface area contributed by atoms with Crippen LogP contribution in [0.15, 0.2) is 5.38 Å². The van der Waals surface area contributed by atoms with E-state index in [1.165, 1.54) is 22.6 Å². The Balaban J connectivity index is 1.38. The molecule has 1 fully saturated rings.